The zero-order valence-electron chi connectivity index (χ0n) is 9.42. The van der Waals surface area contributed by atoms with Crippen LogP contribution in [0.3, 0.4) is 0 Å². The molecule has 0 bridgehead atoms. The topological polar surface area (TPSA) is 52.1 Å². The van der Waals surface area contributed by atoms with Crippen LogP contribution in [0.25, 0.3) is 0 Å². The predicted octanol–water partition coefficient (Wildman–Crippen LogP) is 3.63. The fourth-order valence-electron chi connectivity index (χ4n) is 1.16. The van der Waals surface area contributed by atoms with E-state index in [1.54, 1.807) is 19.3 Å². The number of hydrogen-bond donors (Lipinski definition) is 0. The summed E-state index contributed by atoms with van der Waals surface area (Å²) in [6.07, 6.45) is 3.44. The summed E-state index contributed by atoms with van der Waals surface area (Å²) in [5.74, 6) is -0.401. The van der Waals surface area contributed by atoms with Gasteiger partial charge in [0.05, 0.1) is 6.61 Å². The van der Waals surface area contributed by atoms with Crippen molar-refractivity contribution in [1.82, 2.24) is 9.97 Å². The first-order valence-electron chi connectivity index (χ1n) is 5.12. The molecule has 0 amide bonds. The molecule has 0 N–H and O–H groups in total. The molecular formula is C11H9BrN2O2S2. The van der Waals surface area contributed by atoms with Gasteiger partial charge < -0.3 is 4.74 Å². The summed E-state index contributed by atoms with van der Waals surface area (Å²) in [5, 5.41) is 0. The highest BCUT2D eigenvalue weighted by molar-refractivity contribution is 9.11. The van der Waals surface area contributed by atoms with E-state index in [-0.39, 0.29) is 0 Å². The first-order valence-corrected chi connectivity index (χ1v) is 7.54. The maximum absolute atomic E-state index is 11.6. The third kappa shape index (κ3) is 3.30. The van der Waals surface area contributed by atoms with Gasteiger partial charge in [0, 0.05) is 17.3 Å². The molecule has 0 fully saturated rings. The van der Waals surface area contributed by atoms with Crippen LogP contribution in [0.15, 0.2) is 37.5 Å². The number of carbonyl (C=O) groups is 1. The summed E-state index contributed by atoms with van der Waals surface area (Å²) in [7, 11) is 0. The molecule has 94 valence electrons. The third-order valence-corrected chi connectivity index (χ3v) is 4.66. The van der Waals surface area contributed by atoms with Crippen LogP contribution in [0, 0.1) is 0 Å². The SMILES string of the molecule is CCOC(=O)c1nc(Sc2ccncc2)sc1Br. The van der Waals surface area contributed by atoms with E-state index in [4.69, 9.17) is 4.74 Å². The highest BCUT2D eigenvalue weighted by atomic mass is 79.9. The van der Waals surface area contributed by atoms with E-state index in [2.05, 4.69) is 25.9 Å². The Hall–Kier alpha value is -0.920. The molecule has 0 saturated carbocycles. The molecule has 0 radical (unpaired) electrons. The van der Waals surface area contributed by atoms with Gasteiger partial charge in [-0.15, -0.1) is 0 Å². The van der Waals surface area contributed by atoms with Gasteiger partial charge in [0.25, 0.3) is 0 Å². The number of hydrogen-bond acceptors (Lipinski definition) is 6. The van der Waals surface area contributed by atoms with Crippen molar-refractivity contribution in [2.24, 2.45) is 0 Å². The molecule has 0 aliphatic carbocycles. The van der Waals surface area contributed by atoms with Crippen LogP contribution in [-0.2, 0) is 4.74 Å². The maximum atomic E-state index is 11.6. The normalized spacial score (nSPS) is 10.3. The second-order valence-corrected chi connectivity index (χ2v) is 6.75. The van der Waals surface area contributed by atoms with E-state index >= 15 is 0 Å². The molecular weight excluding hydrogens is 336 g/mol. The van der Waals surface area contributed by atoms with Gasteiger partial charge in [-0.25, -0.2) is 9.78 Å². The number of carbonyl (C=O) groups excluding carboxylic acids is 1. The summed E-state index contributed by atoms with van der Waals surface area (Å²) >= 11 is 6.23. The van der Waals surface area contributed by atoms with Gasteiger partial charge in [-0.05, 0) is 35.0 Å². The average molecular weight is 345 g/mol. The second kappa shape index (κ2) is 6.31. The smallest absolute Gasteiger partial charge is 0.359 e. The summed E-state index contributed by atoms with van der Waals surface area (Å²) in [5.41, 5.74) is 0.332. The number of esters is 1. The Balaban J connectivity index is 2.16. The van der Waals surface area contributed by atoms with Crippen LogP contribution >= 0.6 is 39.0 Å². The quantitative estimate of drug-likeness (QED) is 0.792. The number of nitrogens with zero attached hydrogens (tertiary/aromatic N) is 2. The standard InChI is InChI=1S/C11H9BrN2O2S2/c1-2-16-10(15)8-9(12)18-11(14-8)17-7-3-5-13-6-4-7/h3-6H,2H2,1H3. The maximum Gasteiger partial charge on any atom is 0.359 e. The van der Waals surface area contributed by atoms with E-state index in [0.29, 0.717) is 16.1 Å². The lowest BCUT2D eigenvalue weighted by atomic mass is 10.5. The van der Waals surface area contributed by atoms with Gasteiger partial charge in [0.2, 0.25) is 0 Å². The summed E-state index contributed by atoms with van der Waals surface area (Å²) in [6, 6.07) is 3.79. The van der Waals surface area contributed by atoms with Crippen molar-refractivity contribution in [1.29, 1.82) is 0 Å². The predicted molar refractivity (Wildman–Crippen MR) is 74.1 cm³/mol. The highest BCUT2D eigenvalue weighted by Crippen LogP contribution is 2.35. The molecule has 2 heterocycles. The lowest BCUT2D eigenvalue weighted by Crippen LogP contribution is -2.05. The van der Waals surface area contributed by atoms with Crippen molar-refractivity contribution in [3.05, 3.63) is 34.0 Å². The molecule has 18 heavy (non-hydrogen) atoms. The number of thiazole rings is 1. The Morgan fingerprint density at radius 1 is 1.50 bits per heavy atom. The van der Waals surface area contributed by atoms with Gasteiger partial charge in [-0.3, -0.25) is 4.98 Å². The van der Waals surface area contributed by atoms with Crippen molar-refractivity contribution in [3.8, 4) is 0 Å². The van der Waals surface area contributed by atoms with Gasteiger partial charge in [-0.1, -0.05) is 23.1 Å². The third-order valence-electron chi connectivity index (χ3n) is 1.89. The molecule has 0 aliphatic heterocycles. The van der Waals surface area contributed by atoms with Gasteiger partial charge in [-0.2, -0.15) is 0 Å². The number of rotatable bonds is 4. The minimum Gasteiger partial charge on any atom is -0.461 e. The minimum absolute atomic E-state index is 0.332. The van der Waals surface area contributed by atoms with E-state index < -0.39 is 5.97 Å². The van der Waals surface area contributed by atoms with Crippen molar-refractivity contribution in [2.45, 2.75) is 16.2 Å². The van der Waals surface area contributed by atoms with Crippen LogP contribution in [0.2, 0.25) is 0 Å². The average Bonchev–Trinajstić information content (AvgIpc) is 2.72. The van der Waals surface area contributed by atoms with Crippen molar-refractivity contribution in [2.75, 3.05) is 6.61 Å². The lowest BCUT2D eigenvalue weighted by molar-refractivity contribution is 0.0519. The number of halogens is 1. The van der Waals surface area contributed by atoms with Crippen molar-refractivity contribution >= 4 is 45.0 Å². The number of aromatic nitrogens is 2. The zero-order chi connectivity index (χ0) is 13.0. The van der Waals surface area contributed by atoms with Gasteiger partial charge >= 0.3 is 5.97 Å². The fraction of sp³-hybridized carbons (Fsp3) is 0.182. The molecule has 7 heteroatoms. The number of pyridine rings is 1. The van der Waals surface area contributed by atoms with Crippen LogP contribution in [-0.4, -0.2) is 22.5 Å². The molecule has 0 atom stereocenters. The largest absolute Gasteiger partial charge is 0.461 e. The zero-order valence-corrected chi connectivity index (χ0v) is 12.6. The van der Waals surface area contributed by atoms with E-state index in [9.17, 15) is 4.79 Å². The molecule has 2 aromatic rings. The molecule has 4 nitrogen and oxygen atoms in total. The monoisotopic (exact) mass is 344 g/mol. The Morgan fingerprint density at radius 2 is 2.22 bits per heavy atom. The molecule has 0 spiro atoms. The first kappa shape index (κ1) is 13.5. The summed E-state index contributed by atoms with van der Waals surface area (Å²) < 4.78 is 6.41. The molecule has 0 unspecified atom stereocenters. The Bertz CT molecular complexity index is 545. The second-order valence-electron chi connectivity index (χ2n) is 3.11. The lowest BCUT2D eigenvalue weighted by Gasteiger charge is -1.97. The van der Waals surface area contributed by atoms with Crippen LogP contribution in [0.5, 0.6) is 0 Å². The van der Waals surface area contributed by atoms with Gasteiger partial charge in [0.15, 0.2) is 10.0 Å². The molecule has 0 aliphatic rings. The molecule has 0 aromatic carbocycles. The first-order chi connectivity index (χ1) is 8.70. The van der Waals surface area contributed by atoms with E-state index in [1.807, 2.05) is 12.1 Å². The van der Waals surface area contributed by atoms with Crippen molar-refractivity contribution in [3.63, 3.8) is 0 Å². The Labute approximate surface area is 121 Å². The van der Waals surface area contributed by atoms with Gasteiger partial charge in [0.1, 0.15) is 3.79 Å². The summed E-state index contributed by atoms with van der Waals surface area (Å²) in [6.45, 7) is 2.11. The summed E-state index contributed by atoms with van der Waals surface area (Å²) in [4.78, 5) is 20.8. The van der Waals surface area contributed by atoms with Crippen LogP contribution in [0.1, 0.15) is 17.4 Å². The number of ether oxygens (including phenoxy) is 1. The molecule has 0 saturated heterocycles. The Kier molecular flexibility index (Phi) is 4.73. The Morgan fingerprint density at radius 3 is 2.89 bits per heavy atom. The molecule has 2 aromatic heterocycles. The van der Waals surface area contributed by atoms with Crippen LogP contribution in [0.4, 0.5) is 0 Å². The van der Waals surface area contributed by atoms with E-state index in [0.717, 1.165) is 9.24 Å². The van der Waals surface area contributed by atoms with Crippen LogP contribution < -0.4 is 0 Å². The van der Waals surface area contributed by atoms with E-state index in [1.165, 1.54) is 23.1 Å². The highest BCUT2D eigenvalue weighted by Gasteiger charge is 2.18. The molecule has 2 rings (SSSR count). The fourth-order valence-corrected chi connectivity index (χ4v) is 4.01. The van der Waals surface area contributed by atoms with Crippen molar-refractivity contribution < 1.29 is 9.53 Å². The minimum atomic E-state index is -0.401.